The fourth-order valence-electron chi connectivity index (χ4n) is 4.04. The highest BCUT2D eigenvalue weighted by Crippen LogP contribution is 2.22. The van der Waals surface area contributed by atoms with Crippen molar-refractivity contribution < 1.29 is 13.2 Å². The van der Waals surface area contributed by atoms with Gasteiger partial charge < -0.3 is 14.5 Å². The number of ether oxygens (including phenoxy) is 1. The predicted octanol–water partition coefficient (Wildman–Crippen LogP) is 2.31. The molecule has 0 unspecified atom stereocenters. The SMILES string of the molecule is Cc1cc(N2CCN(S(=O)(=O)CCOc3ccccc3)CC2)nc(N2CCCCC2)n1. The molecule has 1 aromatic heterocycles. The second kappa shape index (κ2) is 9.82. The van der Waals surface area contributed by atoms with E-state index < -0.39 is 10.0 Å². The van der Waals surface area contributed by atoms with Crippen molar-refractivity contribution in [3.63, 3.8) is 0 Å². The Hall–Kier alpha value is -2.39. The van der Waals surface area contributed by atoms with Gasteiger partial charge in [0.05, 0.1) is 5.75 Å². The summed E-state index contributed by atoms with van der Waals surface area (Å²) in [6.07, 6.45) is 3.62. The van der Waals surface area contributed by atoms with E-state index in [2.05, 4.69) is 14.8 Å². The number of rotatable bonds is 7. The van der Waals surface area contributed by atoms with Crippen molar-refractivity contribution in [1.82, 2.24) is 14.3 Å². The Kier molecular flexibility index (Phi) is 6.92. The smallest absolute Gasteiger partial charge is 0.227 e. The highest BCUT2D eigenvalue weighted by atomic mass is 32.2. The summed E-state index contributed by atoms with van der Waals surface area (Å²) in [7, 11) is -3.35. The molecule has 0 bridgehead atoms. The zero-order chi connectivity index (χ0) is 21.7. The molecule has 31 heavy (non-hydrogen) atoms. The number of para-hydroxylation sites is 1. The number of hydrogen-bond acceptors (Lipinski definition) is 7. The molecular formula is C22H31N5O3S. The topological polar surface area (TPSA) is 78.9 Å². The summed E-state index contributed by atoms with van der Waals surface area (Å²) in [5.74, 6) is 2.35. The monoisotopic (exact) mass is 445 g/mol. The maximum Gasteiger partial charge on any atom is 0.227 e. The molecule has 0 atom stereocenters. The first kappa shape index (κ1) is 21.8. The molecule has 2 saturated heterocycles. The fraction of sp³-hybridized carbons (Fsp3) is 0.545. The molecular weight excluding hydrogens is 414 g/mol. The van der Waals surface area contributed by atoms with Crippen molar-refractivity contribution in [3.8, 4) is 5.75 Å². The average Bonchev–Trinajstić information content (AvgIpc) is 2.80. The molecule has 4 rings (SSSR count). The molecule has 0 radical (unpaired) electrons. The number of piperidine rings is 1. The summed E-state index contributed by atoms with van der Waals surface area (Å²) >= 11 is 0. The minimum Gasteiger partial charge on any atom is -0.492 e. The van der Waals surface area contributed by atoms with E-state index in [1.54, 1.807) is 4.31 Å². The van der Waals surface area contributed by atoms with Crippen molar-refractivity contribution in [2.24, 2.45) is 0 Å². The van der Waals surface area contributed by atoms with Gasteiger partial charge >= 0.3 is 0 Å². The minimum absolute atomic E-state index is 0.0202. The lowest BCUT2D eigenvalue weighted by Gasteiger charge is -2.35. The lowest BCUT2D eigenvalue weighted by molar-refractivity contribution is 0.331. The first-order valence-corrected chi connectivity index (χ1v) is 12.6. The molecule has 0 amide bonds. The standard InChI is InChI=1S/C22H31N5O3S/c1-19-18-21(24-22(23-19)26-10-6-3-7-11-26)25-12-14-27(15-13-25)31(28,29)17-16-30-20-8-4-2-5-9-20/h2,4-5,8-9,18H,3,6-7,10-17H2,1H3. The lowest BCUT2D eigenvalue weighted by Crippen LogP contribution is -2.50. The van der Waals surface area contributed by atoms with Crippen LogP contribution in [0.15, 0.2) is 36.4 Å². The van der Waals surface area contributed by atoms with Crippen LogP contribution in [0.5, 0.6) is 5.75 Å². The number of aryl methyl sites for hydroxylation is 1. The van der Waals surface area contributed by atoms with Crippen molar-refractivity contribution in [1.29, 1.82) is 0 Å². The largest absolute Gasteiger partial charge is 0.492 e. The molecule has 0 spiro atoms. The number of sulfonamides is 1. The van der Waals surface area contributed by atoms with Gasteiger partial charge in [-0.25, -0.2) is 13.4 Å². The Morgan fingerprint density at radius 1 is 0.903 bits per heavy atom. The maximum absolute atomic E-state index is 12.7. The van der Waals surface area contributed by atoms with E-state index >= 15 is 0 Å². The van der Waals surface area contributed by atoms with Gasteiger partial charge in [-0.15, -0.1) is 0 Å². The number of benzene rings is 1. The maximum atomic E-state index is 12.7. The number of piperazine rings is 1. The Morgan fingerprint density at radius 2 is 1.61 bits per heavy atom. The number of nitrogens with zero attached hydrogens (tertiary/aromatic N) is 5. The first-order chi connectivity index (χ1) is 15.0. The molecule has 2 fully saturated rings. The molecule has 2 aromatic rings. The zero-order valence-corrected chi connectivity index (χ0v) is 18.9. The van der Waals surface area contributed by atoms with Gasteiger partial charge in [0, 0.05) is 51.0 Å². The highest BCUT2D eigenvalue weighted by Gasteiger charge is 2.28. The van der Waals surface area contributed by atoms with Crippen molar-refractivity contribution in [2.45, 2.75) is 26.2 Å². The normalized spacial score (nSPS) is 18.2. The van der Waals surface area contributed by atoms with E-state index in [-0.39, 0.29) is 12.4 Å². The summed E-state index contributed by atoms with van der Waals surface area (Å²) in [4.78, 5) is 13.9. The Balaban J connectivity index is 1.33. The van der Waals surface area contributed by atoms with Gasteiger partial charge in [0.25, 0.3) is 0 Å². The van der Waals surface area contributed by atoms with Gasteiger partial charge in [0.2, 0.25) is 16.0 Å². The van der Waals surface area contributed by atoms with Crippen LogP contribution >= 0.6 is 0 Å². The predicted molar refractivity (Wildman–Crippen MR) is 122 cm³/mol. The summed E-state index contributed by atoms with van der Waals surface area (Å²) in [6.45, 7) is 6.29. The molecule has 0 saturated carbocycles. The van der Waals surface area contributed by atoms with Crippen LogP contribution in [-0.4, -0.2) is 74.3 Å². The Labute approximate surface area is 184 Å². The van der Waals surface area contributed by atoms with Gasteiger partial charge in [0.1, 0.15) is 18.2 Å². The van der Waals surface area contributed by atoms with Gasteiger partial charge in [-0.05, 0) is 38.3 Å². The van der Waals surface area contributed by atoms with E-state index in [0.717, 1.165) is 30.5 Å². The van der Waals surface area contributed by atoms with E-state index in [0.29, 0.717) is 31.9 Å². The summed E-state index contributed by atoms with van der Waals surface area (Å²) < 4.78 is 32.6. The zero-order valence-electron chi connectivity index (χ0n) is 18.1. The Bertz CT molecular complexity index is 956. The fourth-order valence-corrected chi connectivity index (χ4v) is 5.31. The molecule has 0 aliphatic carbocycles. The van der Waals surface area contributed by atoms with E-state index in [9.17, 15) is 8.42 Å². The average molecular weight is 446 g/mol. The number of anilines is 2. The van der Waals surface area contributed by atoms with Gasteiger partial charge in [0.15, 0.2) is 0 Å². The molecule has 0 N–H and O–H groups in total. The number of hydrogen-bond donors (Lipinski definition) is 0. The molecule has 168 valence electrons. The van der Waals surface area contributed by atoms with Gasteiger partial charge in [-0.1, -0.05) is 18.2 Å². The Morgan fingerprint density at radius 3 is 2.32 bits per heavy atom. The van der Waals surface area contributed by atoms with Crippen molar-refractivity contribution in [2.75, 3.05) is 61.4 Å². The highest BCUT2D eigenvalue weighted by molar-refractivity contribution is 7.89. The third kappa shape index (κ3) is 5.65. The lowest BCUT2D eigenvalue weighted by atomic mass is 10.1. The molecule has 2 aliphatic heterocycles. The van der Waals surface area contributed by atoms with Crippen molar-refractivity contribution >= 4 is 21.8 Å². The molecule has 3 heterocycles. The second-order valence-electron chi connectivity index (χ2n) is 8.08. The summed E-state index contributed by atoms with van der Waals surface area (Å²) in [5.41, 5.74) is 0.943. The van der Waals surface area contributed by atoms with Crippen LogP contribution in [0, 0.1) is 6.92 Å². The van der Waals surface area contributed by atoms with Crippen LogP contribution in [0.4, 0.5) is 11.8 Å². The molecule has 2 aliphatic rings. The van der Waals surface area contributed by atoms with Gasteiger partial charge in [-0.3, -0.25) is 0 Å². The van der Waals surface area contributed by atoms with Crippen LogP contribution in [0.25, 0.3) is 0 Å². The first-order valence-electron chi connectivity index (χ1n) is 11.0. The summed E-state index contributed by atoms with van der Waals surface area (Å²) in [6, 6.07) is 11.3. The van der Waals surface area contributed by atoms with E-state index in [1.807, 2.05) is 43.3 Å². The van der Waals surface area contributed by atoms with Gasteiger partial charge in [-0.2, -0.15) is 9.29 Å². The second-order valence-corrected chi connectivity index (χ2v) is 10.2. The van der Waals surface area contributed by atoms with Crippen LogP contribution in [0.2, 0.25) is 0 Å². The molecule has 8 nitrogen and oxygen atoms in total. The van der Waals surface area contributed by atoms with Crippen molar-refractivity contribution in [3.05, 3.63) is 42.1 Å². The van der Waals surface area contributed by atoms with Crippen LogP contribution in [0.3, 0.4) is 0 Å². The molecule has 1 aromatic carbocycles. The summed E-state index contributed by atoms with van der Waals surface area (Å²) in [5, 5.41) is 0. The quantitative estimate of drug-likeness (QED) is 0.647. The van der Waals surface area contributed by atoms with Crippen LogP contribution in [0.1, 0.15) is 25.0 Å². The van der Waals surface area contributed by atoms with E-state index in [4.69, 9.17) is 9.72 Å². The third-order valence-corrected chi connectivity index (χ3v) is 7.61. The van der Waals surface area contributed by atoms with E-state index in [1.165, 1.54) is 19.3 Å². The minimum atomic E-state index is -3.35. The molecule has 9 heteroatoms. The van der Waals surface area contributed by atoms with Crippen LogP contribution in [-0.2, 0) is 10.0 Å². The van der Waals surface area contributed by atoms with Crippen LogP contribution < -0.4 is 14.5 Å². The third-order valence-electron chi connectivity index (χ3n) is 5.78. The number of aromatic nitrogens is 2.